The third-order valence-corrected chi connectivity index (χ3v) is 4.38. The largest absolute Gasteiger partial charge is 0.478 e. The number of esters is 1. The lowest BCUT2D eigenvalue weighted by molar-refractivity contribution is -0.134. The molecule has 2 aliphatic heterocycles. The van der Waals surface area contributed by atoms with Crippen molar-refractivity contribution in [2.45, 2.75) is 18.4 Å². The molecule has 5 nitrogen and oxygen atoms in total. The van der Waals surface area contributed by atoms with Crippen LogP contribution in [-0.2, 0) is 9.53 Å². The quantitative estimate of drug-likeness (QED) is 0.617. The number of methoxy groups -OCH3 is 1. The number of ether oxygens (including phenoxy) is 2. The van der Waals surface area contributed by atoms with Crippen LogP contribution in [-0.4, -0.2) is 49.5 Å². The van der Waals surface area contributed by atoms with E-state index in [4.69, 9.17) is 4.74 Å². The molecular formula is C17H19NO4. The van der Waals surface area contributed by atoms with Crippen LogP contribution >= 0.6 is 0 Å². The van der Waals surface area contributed by atoms with Gasteiger partial charge in [-0.3, -0.25) is 4.79 Å². The maximum absolute atomic E-state index is 12.8. The van der Waals surface area contributed by atoms with Crippen molar-refractivity contribution >= 4 is 17.8 Å². The first-order chi connectivity index (χ1) is 10.5. The zero-order valence-electron chi connectivity index (χ0n) is 12.8. The highest BCUT2D eigenvalue weighted by Crippen LogP contribution is 2.41. The van der Waals surface area contributed by atoms with Gasteiger partial charge in [0, 0.05) is 32.0 Å². The molecule has 2 heterocycles. The molecule has 1 aromatic rings. The number of piperidine rings is 1. The average molecular weight is 301 g/mol. The van der Waals surface area contributed by atoms with E-state index in [0.717, 1.165) is 18.7 Å². The number of nitrogens with zero attached hydrogens (tertiary/aromatic N) is 1. The summed E-state index contributed by atoms with van der Waals surface area (Å²) in [4.78, 5) is 26.1. The second kappa shape index (κ2) is 5.57. The Hall–Kier alpha value is -2.14. The van der Waals surface area contributed by atoms with Gasteiger partial charge in [-0.15, -0.1) is 0 Å². The highest BCUT2D eigenvalue weighted by molar-refractivity contribution is 6.08. The van der Waals surface area contributed by atoms with Crippen LogP contribution < -0.4 is 4.74 Å². The van der Waals surface area contributed by atoms with E-state index in [1.54, 1.807) is 18.2 Å². The SMILES string of the molecule is COC(=O)/C=C/c1ccc2c(c1)C(=O)C1(CCN(C)CC1)O2. The highest BCUT2D eigenvalue weighted by atomic mass is 16.5. The molecule has 5 heteroatoms. The zero-order valence-corrected chi connectivity index (χ0v) is 12.8. The average Bonchev–Trinajstić information content (AvgIpc) is 2.80. The van der Waals surface area contributed by atoms with Crippen molar-refractivity contribution in [3.8, 4) is 5.75 Å². The number of ketones is 1. The Balaban J connectivity index is 1.84. The minimum Gasteiger partial charge on any atom is -0.478 e. The molecule has 2 aliphatic rings. The van der Waals surface area contributed by atoms with Crippen molar-refractivity contribution in [1.29, 1.82) is 0 Å². The van der Waals surface area contributed by atoms with Gasteiger partial charge >= 0.3 is 5.97 Å². The Morgan fingerprint density at radius 1 is 1.36 bits per heavy atom. The standard InChI is InChI=1S/C17H19NO4/c1-18-9-7-17(8-10-18)16(20)13-11-12(3-5-14(13)22-17)4-6-15(19)21-2/h3-6,11H,7-10H2,1-2H3/b6-4+. The number of fused-ring (bicyclic) bond motifs is 1. The molecule has 0 amide bonds. The van der Waals surface area contributed by atoms with Crippen LogP contribution in [0.2, 0.25) is 0 Å². The van der Waals surface area contributed by atoms with Gasteiger partial charge in [-0.2, -0.15) is 0 Å². The van der Waals surface area contributed by atoms with Gasteiger partial charge in [0.1, 0.15) is 5.75 Å². The summed E-state index contributed by atoms with van der Waals surface area (Å²) in [6.07, 6.45) is 4.40. The lowest BCUT2D eigenvalue weighted by atomic mass is 9.86. The Labute approximate surface area is 129 Å². The summed E-state index contributed by atoms with van der Waals surface area (Å²) < 4.78 is 10.6. The summed E-state index contributed by atoms with van der Waals surface area (Å²) in [6.45, 7) is 1.71. The van der Waals surface area contributed by atoms with Crippen molar-refractivity contribution < 1.29 is 19.1 Å². The molecule has 0 N–H and O–H groups in total. The number of hydrogen-bond donors (Lipinski definition) is 0. The van der Waals surface area contributed by atoms with Crippen LogP contribution in [0.1, 0.15) is 28.8 Å². The van der Waals surface area contributed by atoms with E-state index in [0.29, 0.717) is 24.2 Å². The molecule has 0 aromatic heterocycles. The summed E-state index contributed by atoms with van der Waals surface area (Å²) in [7, 11) is 3.38. The minimum absolute atomic E-state index is 0.0592. The van der Waals surface area contributed by atoms with E-state index < -0.39 is 11.6 Å². The highest BCUT2D eigenvalue weighted by Gasteiger charge is 2.49. The van der Waals surface area contributed by atoms with Crippen molar-refractivity contribution in [2.75, 3.05) is 27.2 Å². The maximum Gasteiger partial charge on any atom is 0.330 e. The zero-order chi connectivity index (χ0) is 15.7. The van der Waals surface area contributed by atoms with E-state index in [1.807, 2.05) is 6.07 Å². The Bertz CT molecular complexity index is 642. The van der Waals surface area contributed by atoms with Gasteiger partial charge in [0.2, 0.25) is 5.78 Å². The maximum atomic E-state index is 12.8. The predicted octanol–water partition coefficient (Wildman–Crippen LogP) is 1.91. The summed E-state index contributed by atoms with van der Waals surface area (Å²) in [5.41, 5.74) is 0.696. The number of hydrogen-bond acceptors (Lipinski definition) is 5. The lowest BCUT2D eigenvalue weighted by Crippen LogP contribution is -2.49. The first kappa shape index (κ1) is 14.8. The molecule has 0 radical (unpaired) electrons. The summed E-state index contributed by atoms with van der Waals surface area (Å²) in [5, 5.41) is 0. The molecule has 1 fully saturated rings. The van der Waals surface area contributed by atoms with E-state index in [-0.39, 0.29) is 5.78 Å². The fraction of sp³-hybridized carbons (Fsp3) is 0.412. The summed E-state index contributed by atoms with van der Waals surface area (Å²) >= 11 is 0. The van der Waals surface area contributed by atoms with Crippen LogP contribution in [0.3, 0.4) is 0 Å². The van der Waals surface area contributed by atoms with Crippen molar-refractivity contribution in [2.24, 2.45) is 0 Å². The molecule has 0 atom stereocenters. The molecule has 0 bridgehead atoms. The molecule has 0 unspecified atom stereocenters. The van der Waals surface area contributed by atoms with Crippen LogP contribution in [0.15, 0.2) is 24.3 Å². The molecule has 0 saturated carbocycles. The topological polar surface area (TPSA) is 55.8 Å². The number of Topliss-reactive ketones (excluding diaryl/α,β-unsaturated/α-hetero) is 1. The first-order valence-corrected chi connectivity index (χ1v) is 7.36. The van der Waals surface area contributed by atoms with Crippen molar-refractivity contribution in [1.82, 2.24) is 4.90 Å². The van der Waals surface area contributed by atoms with Gasteiger partial charge in [-0.1, -0.05) is 6.07 Å². The van der Waals surface area contributed by atoms with E-state index in [2.05, 4.69) is 16.7 Å². The molecule has 116 valence electrons. The monoisotopic (exact) mass is 301 g/mol. The second-order valence-corrected chi connectivity index (χ2v) is 5.84. The minimum atomic E-state index is -0.695. The summed E-state index contributed by atoms with van der Waals surface area (Å²) in [5.74, 6) is 0.281. The number of benzene rings is 1. The molecule has 1 spiro atoms. The van der Waals surface area contributed by atoms with Gasteiger partial charge in [-0.25, -0.2) is 4.79 Å². The fourth-order valence-electron chi connectivity index (χ4n) is 2.96. The fourth-order valence-corrected chi connectivity index (χ4v) is 2.96. The molecule has 0 aliphatic carbocycles. The second-order valence-electron chi connectivity index (χ2n) is 5.84. The Kier molecular flexibility index (Phi) is 3.74. The molecule has 1 saturated heterocycles. The first-order valence-electron chi connectivity index (χ1n) is 7.36. The smallest absolute Gasteiger partial charge is 0.330 e. The predicted molar refractivity (Wildman–Crippen MR) is 81.9 cm³/mol. The van der Waals surface area contributed by atoms with Gasteiger partial charge in [0.15, 0.2) is 5.60 Å². The number of rotatable bonds is 2. The van der Waals surface area contributed by atoms with Crippen molar-refractivity contribution in [3.63, 3.8) is 0 Å². The van der Waals surface area contributed by atoms with Gasteiger partial charge in [-0.05, 0) is 30.8 Å². The van der Waals surface area contributed by atoms with Gasteiger partial charge < -0.3 is 14.4 Å². The molecule has 1 aromatic carbocycles. The van der Waals surface area contributed by atoms with Crippen LogP contribution in [0.4, 0.5) is 0 Å². The van der Waals surface area contributed by atoms with E-state index >= 15 is 0 Å². The Morgan fingerprint density at radius 3 is 2.77 bits per heavy atom. The third-order valence-electron chi connectivity index (χ3n) is 4.38. The van der Waals surface area contributed by atoms with Crippen LogP contribution in [0, 0.1) is 0 Å². The number of likely N-dealkylation sites (tertiary alicyclic amines) is 1. The molecular weight excluding hydrogens is 282 g/mol. The van der Waals surface area contributed by atoms with Gasteiger partial charge in [0.25, 0.3) is 0 Å². The van der Waals surface area contributed by atoms with E-state index in [9.17, 15) is 9.59 Å². The van der Waals surface area contributed by atoms with E-state index in [1.165, 1.54) is 13.2 Å². The Morgan fingerprint density at radius 2 is 2.09 bits per heavy atom. The van der Waals surface area contributed by atoms with Gasteiger partial charge in [0.05, 0.1) is 12.7 Å². The van der Waals surface area contributed by atoms with Crippen LogP contribution in [0.25, 0.3) is 6.08 Å². The normalized spacial score (nSPS) is 20.2. The van der Waals surface area contributed by atoms with Crippen molar-refractivity contribution in [3.05, 3.63) is 35.4 Å². The van der Waals surface area contributed by atoms with Crippen LogP contribution in [0.5, 0.6) is 5.75 Å². The lowest BCUT2D eigenvalue weighted by Gasteiger charge is -2.35. The molecule has 22 heavy (non-hydrogen) atoms. The third kappa shape index (κ3) is 2.52. The molecule has 3 rings (SSSR count). The summed E-state index contributed by atoms with van der Waals surface area (Å²) in [6, 6.07) is 5.42. The number of carbonyl (C=O) groups excluding carboxylic acids is 2. The number of carbonyl (C=O) groups is 2.